The van der Waals surface area contributed by atoms with Crippen molar-refractivity contribution in [3.8, 4) is 17.2 Å². The van der Waals surface area contributed by atoms with Gasteiger partial charge in [-0.2, -0.15) is 5.26 Å². The predicted molar refractivity (Wildman–Crippen MR) is 125 cm³/mol. The zero-order chi connectivity index (χ0) is 22.9. The Labute approximate surface area is 191 Å². The van der Waals surface area contributed by atoms with E-state index in [2.05, 4.69) is 23.4 Å². The van der Waals surface area contributed by atoms with Crippen LogP contribution in [0.3, 0.4) is 0 Å². The van der Waals surface area contributed by atoms with Gasteiger partial charge in [-0.1, -0.05) is 41.6 Å². The van der Waals surface area contributed by atoms with Crippen molar-refractivity contribution in [2.45, 2.75) is 39.3 Å². The van der Waals surface area contributed by atoms with E-state index in [0.717, 1.165) is 52.0 Å². The number of hydrogen-bond acceptors (Lipinski definition) is 5. The topological polar surface area (TPSA) is 86.0 Å². The van der Waals surface area contributed by atoms with Gasteiger partial charge in [0.25, 0.3) is 0 Å². The largest absolute Gasteiger partial charge is 0.381 e. The van der Waals surface area contributed by atoms with Gasteiger partial charge in [0.1, 0.15) is 12.3 Å². The van der Waals surface area contributed by atoms with Crippen molar-refractivity contribution >= 4 is 11.0 Å². The van der Waals surface area contributed by atoms with Crippen LogP contribution in [-0.4, -0.2) is 27.5 Å². The highest BCUT2D eigenvalue weighted by Gasteiger charge is 2.31. The molecule has 0 saturated carbocycles. The third-order valence-corrected chi connectivity index (χ3v) is 6.65. The van der Waals surface area contributed by atoms with Gasteiger partial charge < -0.3 is 9.26 Å². The molecule has 1 fully saturated rings. The zero-order valence-corrected chi connectivity index (χ0v) is 18.8. The van der Waals surface area contributed by atoms with Crippen LogP contribution < -0.4 is 5.69 Å². The number of benzene rings is 2. The van der Waals surface area contributed by atoms with E-state index in [-0.39, 0.29) is 24.2 Å². The Balaban J connectivity index is 1.79. The molecule has 4 aromatic rings. The molecule has 2 aromatic carbocycles. The minimum atomic E-state index is -0.164. The third kappa shape index (κ3) is 3.66. The zero-order valence-electron chi connectivity index (χ0n) is 18.8. The molecule has 0 aliphatic carbocycles. The van der Waals surface area contributed by atoms with Crippen LogP contribution in [-0.2, 0) is 11.3 Å². The average Bonchev–Trinajstić information content (AvgIpc) is 3.31. The molecule has 7 nitrogen and oxygen atoms in total. The number of aryl methyl sites for hydroxylation is 2. The molecule has 33 heavy (non-hydrogen) atoms. The standard InChI is InChI=1S/C26H26N4O3/c1-17-24(18(2)33-28-17)21-8-9-22-23(16-21)30(26(31)29(22)13-12-27)25(19-6-4-3-5-7-19)20-10-14-32-15-11-20/h3-9,16,20,25H,10-11,13-15H2,1-2H3/t25-/m0/s1. The second kappa shape index (κ2) is 8.72. The third-order valence-electron chi connectivity index (χ3n) is 6.65. The number of rotatable bonds is 5. The van der Waals surface area contributed by atoms with Gasteiger partial charge in [0.05, 0.1) is 28.8 Å². The van der Waals surface area contributed by atoms with Gasteiger partial charge in [-0.05, 0) is 55.9 Å². The first-order valence-corrected chi connectivity index (χ1v) is 11.3. The fourth-order valence-corrected chi connectivity index (χ4v) is 5.14. The van der Waals surface area contributed by atoms with Crippen molar-refractivity contribution in [2.24, 2.45) is 5.92 Å². The lowest BCUT2D eigenvalue weighted by atomic mass is 9.86. The van der Waals surface area contributed by atoms with E-state index in [1.807, 2.05) is 54.8 Å². The lowest BCUT2D eigenvalue weighted by Gasteiger charge is -2.31. The number of aromatic nitrogens is 3. The van der Waals surface area contributed by atoms with Crippen molar-refractivity contribution < 1.29 is 9.26 Å². The summed E-state index contributed by atoms with van der Waals surface area (Å²) in [6, 6.07) is 18.1. The van der Waals surface area contributed by atoms with Crippen molar-refractivity contribution in [3.05, 3.63) is 76.0 Å². The Kier molecular flexibility index (Phi) is 5.61. The van der Waals surface area contributed by atoms with Gasteiger partial charge >= 0.3 is 5.69 Å². The van der Waals surface area contributed by atoms with E-state index >= 15 is 0 Å². The summed E-state index contributed by atoms with van der Waals surface area (Å²) in [5, 5.41) is 13.5. The summed E-state index contributed by atoms with van der Waals surface area (Å²) in [4.78, 5) is 13.8. The highest BCUT2D eigenvalue weighted by atomic mass is 16.5. The van der Waals surface area contributed by atoms with Crippen LogP contribution in [0.2, 0.25) is 0 Å². The summed E-state index contributed by atoms with van der Waals surface area (Å²) >= 11 is 0. The summed E-state index contributed by atoms with van der Waals surface area (Å²) < 4.78 is 14.5. The van der Waals surface area contributed by atoms with E-state index in [0.29, 0.717) is 13.2 Å². The summed E-state index contributed by atoms with van der Waals surface area (Å²) in [6.07, 6.45) is 1.75. The maximum Gasteiger partial charge on any atom is 0.330 e. The predicted octanol–water partition coefficient (Wildman–Crippen LogP) is 4.61. The maximum absolute atomic E-state index is 13.8. The molecule has 1 aliphatic heterocycles. The van der Waals surface area contributed by atoms with E-state index in [1.165, 1.54) is 0 Å². The second-order valence-corrected chi connectivity index (χ2v) is 8.60. The Morgan fingerprint density at radius 2 is 1.88 bits per heavy atom. The smallest absolute Gasteiger partial charge is 0.330 e. The van der Waals surface area contributed by atoms with Crippen LogP contribution in [0.15, 0.2) is 57.8 Å². The average molecular weight is 443 g/mol. The van der Waals surface area contributed by atoms with Gasteiger partial charge in [-0.3, -0.25) is 9.13 Å². The lowest BCUT2D eigenvalue weighted by molar-refractivity contribution is 0.0543. The minimum absolute atomic E-state index is 0.00227. The highest BCUT2D eigenvalue weighted by molar-refractivity contribution is 5.84. The van der Waals surface area contributed by atoms with E-state index < -0.39 is 0 Å². The Bertz CT molecular complexity index is 1370. The minimum Gasteiger partial charge on any atom is -0.381 e. The van der Waals surface area contributed by atoms with E-state index in [1.54, 1.807) is 4.57 Å². The van der Waals surface area contributed by atoms with Crippen LogP contribution in [0.25, 0.3) is 22.2 Å². The number of ether oxygens (including phenoxy) is 1. The van der Waals surface area contributed by atoms with Crippen LogP contribution in [0.1, 0.15) is 35.9 Å². The summed E-state index contributed by atoms with van der Waals surface area (Å²) in [6.45, 7) is 5.18. The van der Waals surface area contributed by atoms with Gasteiger partial charge in [-0.25, -0.2) is 4.79 Å². The van der Waals surface area contributed by atoms with E-state index in [9.17, 15) is 10.1 Å². The molecule has 0 spiro atoms. The molecule has 5 rings (SSSR count). The first kappa shape index (κ1) is 21.2. The van der Waals surface area contributed by atoms with Crippen molar-refractivity contribution in [1.29, 1.82) is 5.26 Å². The molecule has 1 atom stereocenters. The Morgan fingerprint density at radius 1 is 1.12 bits per heavy atom. The van der Waals surface area contributed by atoms with Gasteiger partial charge in [-0.15, -0.1) is 0 Å². The first-order chi connectivity index (χ1) is 16.1. The molecule has 0 unspecified atom stereocenters. The number of imidazole rings is 1. The molecular weight excluding hydrogens is 416 g/mol. The number of nitrogens with zero attached hydrogens (tertiary/aromatic N) is 4. The summed E-state index contributed by atoms with van der Waals surface area (Å²) in [5.74, 6) is 0.990. The normalized spacial score (nSPS) is 15.5. The molecular formula is C26H26N4O3. The molecule has 0 radical (unpaired) electrons. The van der Waals surface area contributed by atoms with Crippen LogP contribution in [0, 0.1) is 31.1 Å². The molecule has 1 aliphatic rings. The molecule has 2 aromatic heterocycles. The highest BCUT2D eigenvalue weighted by Crippen LogP contribution is 2.36. The maximum atomic E-state index is 13.8. The quantitative estimate of drug-likeness (QED) is 0.450. The first-order valence-electron chi connectivity index (χ1n) is 11.3. The number of nitriles is 1. The van der Waals surface area contributed by atoms with Gasteiger partial charge in [0.2, 0.25) is 0 Å². The molecule has 7 heteroatoms. The number of fused-ring (bicyclic) bond motifs is 1. The molecule has 0 amide bonds. The van der Waals surface area contributed by atoms with Crippen LogP contribution >= 0.6 is 0 Å². The van der Waals surface area contributed by atoms with Crippen molar-refractivity contribution in [2.75, 3.05) is 13.2 Å². The van der Waals surface area contributed by atoms with Crippen molar-refractivity contribution in [1.82, 2.24) is 14.3 Å². The summed E-state index contributed by atoms with van der Waals surface area (Å²) in [5.41, 5.74) is 5.18. The van der Waals surface area contributed by atoms with Crippen molar-refractivity contribution in [3.63, 3.8) is 0 Å². The SMILES string of the molecule is Cc1noc(C)c1-c1ccc2c(c1)n([C@@H](c1ccccc1)C1CCOCC1)c(=O)n2CC#N. The van der Waals surface area contributed by atoms with E-state index in [4.69, 9.17) is 9.26 Å². The Morgan fingerprint density at radius 3 is 2.55 bits per heavy atom. The molecule has 1 saturated heterocycles. The molecule has 0 N–H and O–H groups in total. The van der Waals surface area contributed by atoms with Gasteiger partial charge in [0, 0.05) is 18.8 Å². The Hall–Kier alpha value is -3.63. The molecule has 3 heterocycles. The van der Waals surface area contributed by atoms with Crippen LogP contribution in [0.4, 0.5) is 0 Å². The molecule has 168 valence electrons. The fraction of sp³-hybridized carbons (Fsp3) is 0.346. The lowest BCUT2D eigenvalue weighted by Crippen LogP contribution is -2.34. The van der Waals surface area contributed by atoms with Gasteiger partial charge in [0.15, 0.2) is 0 Å². The monoisotopic (exact) mass is 442 g/mol. The van der Waals surface area contributed by atoms with Crippen LogP contribution in [0.5, 0.6) is 0 Å². The fourth-order valence-electron chi connectivity index (χ4n) is 5.14. The summed E-state index contributed by atoms with van der Waals surface area (Å²) in [7, 11) is 0. The number of hydrogen-bond donors (Lipinski definition) is 0. The second-order valence-electron chi connectivity index (χ2n) is 8.60. The molecule has 0 bridgehead atoms.